The van der Waals surface area contributed by atoms with Crippen molar-refractivity contribution in [1.29, 1.82) is 0 Å². The molecule has 25 heavy (non-hydrogen) atoms. The lowest BCUT2D eigenvalue weighted by Crippen LogP contribution is -2.62. The second-order valence-electron chi connectivity index (χ2n) is 6.68. The summed E-state index contributed by atoms with van der Waals surface area (Å²) in [6.45, 7) is 3.07. The maximum Gasteiger partial charge on any atom is 0.211 e. The molecule has 5 N–H and O–H groups in total. The van der Waals surface area contributed by atoms with E-state index in [4.69, 9.17) is 10.5 Å². The van der Waals surface area contributed by atoms with E-state index >= 15 is 0 Å². The zero-order valence-electron chi connectivity index (χ0n) is 14.6. The fourth-order valence-electron chi connectivity index (χ4n) is 3.34. The van der Waals surface area contributed by atoms with E-state index in [0.717, 1.165) is 19.4 Å². The van der Waals surface area contributed by atoms with Crippen LogP contribution in [0.3, 0.4) is 0 Å². The van der Waals surface area contributed by atoms with Crippen molar-refractivity contribution in [3.8, 4) is 0 Å². The fourth-order valence-corrected chi connectivity index (χ4v) is 3.34. The van der Waals surface area contributed by atoms with Crippen molar-refractivity contribution in [3.63, 3.8) is 0 Å². The monoisotopic (exact) mass is 352 g/mol. The Morgan fingerprint density at radius 2 is 2.28 bits per heavy atom. The molecule has 9 nitrogen and oxygen atoms in total. The van der Waals surface area contributed by atoms with Crippen molar-refractivity contribution in [3.05, 3.63) is 0 Å². The topological polar surface area (TPSA) is 128 Å². The summed E-state index contributed by atoms with van der Waals surface area (Å²) < 4.78 is 5.72. The first-order valence-corrected chi connectivity index (χ1v) is 9.00. The van der Waals surface area contributed by atoms with Crippen LogP contribution in [-0.2, 0) is 4.74 Å². The molecule has 3 heterocycles. The predicted molar refractivity (Wildman–Crippen MR) is 95.5 cm³/mol. The second kappa shape index (κ2) is 7.88. The average molecular weight is 352 g/mol. The molecule has 0 aromatic rings. The predicted octanol–water partition coefficient (Wildman–Crippen LogP) is -0.608. The Hall–Kier alpha value is -1.39. The minimum atomic E-state index is -1.08. The minimum absolute atomic E-state index is 0.215. The SMILES string of the molecule is CCCCCCNC1(N)N=CN=C2C1=NCN2[C@H]1C[C@H](O)[C@@H](CO)O1. The molecule has 0 saturated carbocycles. The highest BCUT2D eigenvalue weighted by Gasteiger charge is 2.46. The summed E-state index contributed by atoms with van der Waals surface area (Å²) in [5, 5.41) is 22.5. The third-order valence-electron chi connectivity index (χ3n) is 4.82. The molecule has 3 aliphatic heterocycles. The molecular formula is C16H28N6O3. The normalized spacial score (nSPS) is 34.2. The molecule has 0 radical (unpaired) electrons. The quantitative estimate of drug-likeness (QED) is 0.341. The van der Waals surface area contributed by atoms with Crippen LogP contribution in [-0.4, -0.2) is 77.0 Å². The van der Waals surface area contributed by atoms with Crippen molar-refractivity contribution < 1.29 is 14.9 Å². The molecule has 0 amide bonds. The summed E-state index contributed by atoms with van der Waals surface area (Å²) in [7, 11) is 0. The molecule has 140 valence electrons. The van der Waals surface area contributed by atoms with Crippen molar-refractivity contribution in [2.75, 3.05) is 19.8 Å². The Balaban J connectivity index is 1.62. The van der Waals surface area contributed by atoms with Crippen molar-refractivity contribution >= 4 is 17.9 Å². The molecule has 1 saturated heterocycles. The number of nitrogens with two attached hydrogens (primary N) is 1. The second-order valence-corrected chi connectivity index (χ2v) is 6.68. The highest BCUT2D eigenvalue weighted by molar-refractivity contribution is 6.47. The van der Waals surface area contributed by atoms with Gasteiger partial charge in [0.1, 0.15) is 31.1 Å². The molecule has 3 aliphatic rings. The van der Waals surface area contributed by atoms with Crippen LogP contribution < -0.4 is 11.1 Å². The molecule has 0 aromatic heterocycles. The number of hydrogen-bond donors (Lipinski definition) is 4. The first kappa shape index (κ1) is 18.4. The van der Waals surface area contributed by atoms with Gasteiger partial charge in [-0.25, -0.2) is 9.98 Å². The van der Waals surface area contributed by atoms with E-state index < -0.39 is 18.0 Å². The molecule has 3 rings (SSSR count). The zero-order valence-corrected chi connectivity index (χ0v) is 14.6. The third-order valence-corrected chi connectivity index (χ3v) is 4.82. The van der Waals surface area contributed by atoms with Gasteiger partial charge in [-0.2, -0.15) is 0 Å². The number of nitrogens with zero attached hydrogens (tertiary/aromatic N) is 4. The van der Waals surface area contributed by atoms with E-state index in [1.807, 2.05) is 4.90 Å². The van der Waals surface area contributed by atoms with Crippen LogP contribution in [0.1, 0.15) is 39.0 Å². The summed E-state index contributed by atoms with van der Waals surface area (Å²) in [4.78, 5) is 15.0. The molecule has 1 fully saturated rings. The Morgan fingerprint density at radius 3 is 3.00 bits per heavy atom. The zero-order chi connectivity index (χ0) is 17.9. The van der Waals surface area contributed by atoms with Crippen molar-refractivity contribution in [1.82, 2.24) is 10.2 Å². The van der Waals surface area contributed by atoms with Crippen LogP contribution >= 0.6 is 0 Å². The van der Waals surface area contributed by atoms with Crippen molar-refractivity contribution in [2.24, 2.45) is 20.7 Å². The highest BCUT2D eigenvalue weighted by Crippen LogP contribution is 2.27. The van der Waals surface area contributed by atoms with Crippen LogP contribution in [0.2, 0.25) is 0 Å². The van der Waals surface area contributed by atoms with E-state index in [2.05, 4.69) is 27.2 Å². The Kier molecular flexibility index (Phi) is 5.80. The molecule has 0 aliphatic carbocycles. The molecule has 1 unspecified atom stereocenters. The number of fused-ring (bicyclic) bond motifs is 1. The summed E-state index contributed by atoms with van der Waals surface area (Å²) >= 11 is 0. The summed E-state index contributed by atoms with van der Waals surface area (Å²) in [5.41, 5.74) is 7.02. The summed E-state index contributed by atoms with van der Waals surface area (Å²) in [6, 6.07) is 0. The van der Waals surface area contributed by atoms with Gasteiger partial charge in [0, 0.05) is 6.42 Å². The lowest BCUT2D eigenvalue weighted by molar-refractivity contribution is -0.0560. The van der Waals surface area contributed by atoms with Crippen molar-refractivity contribution in [2.45, 2.75) is 63.3 Å². The standard InChI is InChI=1S/C16H28N6O3/c1-2-3-4-5-6-20-16(17)14-15(18-9-21-16)22(10-19-14)13-7-11(24)12(8-23)25-13/h9,11-13,20,23-24H,2-8,10,17H2,1H3/t11-,12+,13+,16?/m0/s1. The number of aliphatic hydroxyl groups excluding tert-OH is 2. The van der Waals surface area contributed by atoms with E-state index in [1.54, 1.807) is 0 Å². The lowest BCUT2D eigenvalue weighted by Gasteiger charge is -2.32. The molecule has 0 bridgehead atoms. The van der Waals surface area contributed by atoms with Crippen LogP contribution in [0.4, 0.5) is 0 Å². The Bertz CT molecular complexity index is 566. The van der Waals surface area contributed by atoms with E-state index in [1.165, 1.54) is 19.2 Å². The molecule has 0 aromatic carbocycles. The summed E-state index contributed by atoms with van der Waals surface area (Å²) in [5.74, 6) is -0.458. The van der Waals surface area contributed by atoms with Gasteiger partial charge in [-0.05, 0) is 13.0 Å². The van der Waals surface area contributed by atoms with Crippen LogP contribution in [0.5, 0.6) is 0 Å². The van der Waals surface area contributed by atoms with Crippen LogP contribution in [0.15, 0.2) is 15.0 Å². The molecule has 9 heteroatoms. The van der Waals surface area contributed by atoms with Gasteiger partial charge in [-0.1, -0.05) is 26.2 Å². The number of ether oxygens (including phenoxy) is 1. The van der Waals surface area contributed by atoms with Gasteiger partial charge >= 0.3 is 0 Å². The first-order chi connectivity index (χ1) is 12.1. The number of rotatable bonds is 8. The largest absolute Gasteiger partial charge is 0.394 e. The summed E-state index contributed by atoms with van der Waals surface area (Å²) in [6.07, 6.45) is 4.76. The van der Waals surface area contributed by atoms with Crippen LogP contribution in [0, 0.1) is 0 Å². The van der Waals surface area contributed by atoms with Gasteiger partial charge < -0.3 is 19.8 Å². The lowest BCUT2D eigenvalue weighted by atomic mass is 10.1. The number of nitrogens with one attached hydrogen (secondary N) is 1. The highest BCUT2D eigenvalue weighted by atomic mass is 16.5. The van der Waals surface area contributed by atoms with Gasteiger partial charge in [0.25, 0.3) is 0 Å². The van der Waals surface area contributed by atoms with Gasteiger partial charge in [-0.3, -0.25) is 16.0 Å². The number of hydrogen-bond acceptors (Lipinski definition) is 9. The van der Waals surface area contributed by atoms with Gasteiger partial charge in [0.05, 0.1) is 12.7 Å². The maximum absolute atomic E-state index is 9.95. The van der Waals surface area contributed by atoms with Crippen LogP contribution in [0.25, 0.3) is 0 Å². The van der Waals surface area contributed by atoms with Gasteiger partial charge in [0.2, 0.25) is 5.79 Å². The Morgan fingerprint density at radius 1 is 1.44 bits per heavy atom. The number of aliphatic imine (C=N–C) groups is 3. The first-order valence-electron chi connectivity index (χ1n) is 9.00. The molecule has 0 spiro atoms. The number of unbranched alkanes of at least 4 members (excludes halogenated alkanes) is 3. The van der Waals surface area contributed by atoms with E-state index in [0.29, 0.717) is 24.6 Å². The van der Waals surface area contributed by atoms with Gasteiger partial charge in [0.15, 0.2) is 5.84 Å². The average Bonchev–Trinajstić information content (AvgIpc) is 3.19. The smallest absolute Gasteiger partial charge is 0.211 e. The number of aliphatic hydroxyl groups is 2. The number of amidine groups is 1. The third kappa shape index (κ3) is 3.75. The molecule has 4 atom stereocenters. The van der Waals surface area contributed by atoms with Gasteiger partial charge in [-0.15, -0.1) is 0 Å². The minimum Gasteiger partial charge on any atom is -0.394 e. The maximum atomic E-state index is 9.95. The van der Waals surface area contributed by atoms with E-state index in [-0.39, 0.29) is 12.8 Å². The molecular weight excluding hydrogens is 324 g/mol. The van der Waals surface area contributed by atoms with E-state index in [9.17, 15) is 10.2 Å². The Labute approximate surface area is 147 Å². The fraction of sp³-hybridized carbons (Fsp3) is 0.812.